The van der Waals surface area contributed by atoms with Crippen LogP contribution >= 0.6 is 0 Å². The highest BCUT2D eigenvalue weighted by atomic mass is 32.2. The summed E-state index contributed by atoms with van der Waals surface area (Å²) in [6.45, 7) is 4.19. The molecule has 1 aliphatic heterocycles. The maximum atomic E-state index is 13.1. The molecular formula is C22H25F3N2O4S. The summed E-state index contributed by atoms with van der Waals surface area (Å²) in [6, 6.07) is 8.08. The van der Waals surface area contributed by atoms with Crippen LogP contribution in [-0.4, -0.2) is 37.8 Å². The molecule has 0 saturated carbocycles. The van der Waals surface area contributed by atoms with Gasteiger partial charge in [-0.25, -0.2) is 8.42 Å². The molecule has 1 amide bonds. The fraction of sp³-hybridized carbons (Fsp3) is 0.409. The zero-order valence-corrected chi connectivity index (χ0v) is 18.6. The number of benzene rings is 2. The Bertz CT molecular complexity index is 1070. The summed E-state index contributed by atoms with van der Waals surface area (Å²) in [5.41, 5.74) is -0.936. The number of halogens is 3. The van der Waals surface area contributed by atoms with Gasteiger partial charge in [0.15, 0.2) is 0 Å². The van der Waals surface area contributed by atoms with Crippen LogP contribution in [-0.2, 0) is 16.2 Å². The van der Waals surface area contributed by atoms with Crippen LogP contribution in [0.3, 0.4) is 0 Å². The van der Waals surface area contributed by atoms with Gasteiger partial charge in [-0.1, -0.05) is 6.42 Å². The number of carbonyl (C=O) groups is 1. The summed E-state index contributed by atoms with van der Waals surface area (Å²) in [5, 5.41) is 2.43. The molecule has 10 heteroatoms. The number of hydrogen-bond acceptors (Lipinski definition) is 4. The Morgan fingerprint density at radius 3 is 2.44 bits per heavy atom. The van der Waals surface area contributed by atoms with Gasteiger partial charge in [0.2, 0.25) is 10.0 Å². The van der Waals surface area contributed by atoms with Crippen molar-refractivity contribution in [2.45, 2.75) is 50.2 Å². The highest BCUT2D eigenvalue weighted by Crippen LogP contribution is 2.35. The monoisotopic (exact) mass is 470 g/mol. The molecule has 0 radical (unpaired) electrons. The Labute approximate surface area is 185 Å². The molecular weight excluding hydrogens is 445 g/mol. The van der Waals surface area contributed by atoms with Gasteiger partial charge in [0.1, 0.15) is 5.75 Å². The lowest BCUT2D eigenvalue weighted by atomic mass is 10.1. The smallest absolute Gasteiger partial charge is 0.416 e. The minimum atomic E-state index is -4.58. The number of rotatable bonds is 6. The van der Waals surface area contributed by atoms with Crippen molar-refractivity contribution in [3.05, 3.63) is 53.6 Å². The molecule has 1 unspecified atom stereocenters. The van der Waals surface area contributed by atoms with Gasteiger partial charge < -0.3 is 10.1 Å². The normalized spacial score (nSPS) is 17.7. The first-order valence-corrected chi connectivity index (χ1v) is 11.8. The van der Waals surface area contributed by atoms with E-state index in [1.165, 1.54) is 28.6 Å². The van der Waals surface area contributed by atoms with E-state index < -0.39 is 27.7 Å². The molecule has 2 aromatic carbocycles. The second kappa shape index (κ2) is 9.50. The first kappa shape index (κ1) is 24.1. The SMILES string of the molecule is CCOc1ccc(C(F)(F)F)cc1NC(=O)c1ccc(S(=O)(=O)N2CCCCC2C)cc1. The minimum absolute atomic E-state index is 0.0666. The standard InChI is InChI=1S/C22H25F3N2O4S/c1-3-31-20-12-9-17(22(23,24)25)14-19(20)26-21(28)16-7-10-18(11-8-16)32(29,30)27-13-5-4-6-15(27)2/h7-12,14-15H,3-6,13H2,1-2H3,(H,26,28). The van der Waals surface area contributed by atoms with E-state index in [0.29, 0.717) is 6.54 Å². The van der Waals surface area contributed by atoms with Gasteiger partial charge in [0.25, 0.3) is 5.91 Å². The Kier molecular flexibility index (Phi) is 7.14. The third-order valence-electron chi connectivity index (χ3n) is 5.32. The highest BCUT2D eigenvalue weighted by molar-refractivity contribution is 7.89. The van der Waals surface area contributed by atoms with E-state index in [4.69, 9.17) is 4.74 Å². The van der Waals surface area contributed by atoms with E-state index in [9.17, 15) is 26.4 Å². The molecule has 174 valence electrons. The zero-order chi connectivity index (χ0) is 23.5. The first-order chi connectivity index (χ1) is 15.0. The fourth-order valence-electron chi connectivity index (χ4n) is 3.62. The summed E-state index contributed by atoms with van der Waals surface area (Å²) in [7, 11) is -3.69. The van der Waals surface area contributed by atoms with Crippen LogP contribution in [0.25, 0.3) is 0 Å². The molecule has 3 rings (SSSR count). The van der Waals surface area contributed by atoms with Crippen LogP contribution in [0.4, 0.5) is 18.9 Å². The van der Waals surface area contributed by atoms with Gasteiger partial charge in [0, 0.05) is 18.2 Å². The molecule has 1 saturated heterocycles. The molecule has 0 spiro atoms. The van der Waals surface area contributed by atoms with Crippen molar-refractivity contribution >= 4 is 21.6 Å². The number of nitrogens with one attached hydrogen (secondary N) is 1. The maximum Gasteiger partial charge on any atom is 0.416 e. The maximum absolute atomic E-state index is 13.1. The van der Waals surface area contributed by atoms with E-state index in [1.807, 2.05) is 6.92 Å². The van der Waals surface area contributed by atoms with E-state index >= 15 is 0 Å². The molecule has 1 heterocycles. The highest BCUT2D eigenvalue weighted by Gasteiger charge is 2.32. The molecule has 0 bridgehead atoms. The average Bonchev–Trinajstić information content (AvgIpc) is 2.74. The molecule has 1 N–H and O–H groups in total. The summed E-state index contributed by atoms with van der Waals surface area (Å²) in [5.74, 6) is -0.576. The van der Waals surface area contributed by atoms with Gasteiger partial charge in [-0.15, -0.1) is 0 Å². The van der Waals surface area contributed by atoms with Crippen molar-refractivity contribution in [2.24, 2.45) is 0 Å². The second-order valence-corrected chi connectivity index (χ2v) is 9.47. The number of anilines is 1. The fourth-order valence-corrected chi connectivity index (χ4v) is 5.32. The summed E-state index contributed by atoms with van der Waals surface area (Å²) in [4.78, 5) is 12.7. The molecule has 6 nitrogen and oxygen atoms in total. The Morgan fingerprint density at radius 1 is 1.16 bits per heavy atom. The molecule has 1 aliphatic rings. The van der Waals surface area contributed by atoms with Gasteiger partial charge in [-0.2, -0.15) is 17.5 Å². The number of sulfonamides is 1. The average molecular weight is 471 g/mol. The van der Waals surface area contributed by atoms with E-state index in [1.54, 1.807) is 6.92 Å². The number of ether oxygens (including phenoxy) is 1. The molecule has 0 aromatic heterocycles. The van der Waals surface area contributed by atoms with Crippen LogP contribution in [0.5, 0.6) is 5.75 Å². The van der Waals surface area contributed by atoms with Crippen LogP contribution in [0.15, 0.2) is 47.4 Å². The Balaban J connectivity index is 1.82. The molecule has 1 atom stereocenters. The van der Waals surface area contributed by atoms with E-state index in [0.717, 1.165) is 37.5 Å². The van der Waals surface area contributed by atoms with Crippen LogP contribution in [0.1, 0.15) is 49.0 Å². The van der Waals surface area contributed by atoms with Crippen molar-refractivity contribution in [1.29, 1.82) is 0 Å². The lowest BCUT2D eigenvalue weighted by molar-refractivity contribution is -0.137. The third kappa shape index (κ3) is 5.24. The predicted octanol–water partition coefficient (Wildman–Crippen LogP) is 4.92. The Hall–Kier alpha value is -2.59. The zero-order valence-electron chi connectivity index (χ0n) is 17.8. The molecule has 2 aromatic rings. The lowest BCUT2D eigenvalue weighted by Gasteiger charge is -2.32. The van der Waals surface area contributed by atoms with Gasteiger partial charge in [-0.3, -0.25) is 4.79 Å². The quantitative estimate of drug-likeness (QED) is 0.650. The summed E-state index contributed by atoms with van der Waals surface area (Å²) < 4.78 is 71.8. The summed E-state index contributed by atoms with van der Waals surface area (Å²) >= 11 is 0. The lowest BCUT2D eigenvalue weighted by Crippen LogP contribution is -2.41. The second-order valence-electron chi connectivity index (χ2n) is 7.58. The van der Waals surface area contributed by atoms with Crippen molar-refractivity contribution < 1.29 is 31.1 Å². The molecule has 0 aliphatic carbocycles. The third-order valence-corrected chi connectivity index (χ3v) is 7.35. The van der Waals surface area contributed by atoms with E-state index in [2.05, 4.69) is 5.32 Å². The minimum Gasteiger partial charge on any atom is -0.492 e. The topological polar surface area (TPSA) is 75.7 Å². The number of carbonyl (C=O) groups excluding carboxylic acids is 1. The van der Waals surface area contributed by atoms with Crippen molar-refractivity contribution in [3.8, 4) is 5.75 Å². The van der Waals surface area contributed by atoms with Crippen molar-refractivity contribution in [2.75, 3.05) is 18.5 Å². The number of amides is 1. The van der Waals surface area contributed by atoms with Crippen LogP contribution < -0.4 is 10.1 Å². The largest absolute Gasteiger partial charge is 0.492 e. The van der Waals surface area contributed by atoms with Crippen LogP contribution in [0, 0.1) is 0 Å². The van der Waals surface area contributed by atoms with E-state index in [-0.39, 0.29) is 34.5 Å². The van der Waals surface area contributed by atoms with Gasteiger partial charge in [-0.05, 0) is 69.2 Å². The summed E-state index contributed by atoms with van der Waals surface area (Å²) in [6.07, 6.45) is -2.01. The van der Waals surface area contributed by atoms with Gasteiger partial charge >= 0.3 is 6.18 Å². The molecule has 1 fully saturated rings. The molecule has 32 heavy (non-hydrogen) atoms. The Morgan fingerprint density at radius 2 is 1.84 bits per heavy atom. The van der Waals surface area contributed by atoms with Crippen LogP contribution in [0.2, 0.25) is 0 Å². The number of alkyl halides is 3. The van der Waals surface area contributed by atoms with Gasteiger partial charge in [0.05, 0.1) is 22.8 Å². The number of hydrogen-bond donors (Lipinski definition) is 1. The predicted molar refractivity (Wildman–Crippen MR) is 114 cm³/mol. The number of piperidine rings is 1. The first-order valence-electron chi connectivity index (χ1n) is 10.3. The van der Waals surface area contributed by atoms with Crippen molar-refractivity contribution in [3.63, 3.8) is 0 Å². The van der Waals surface area contributed by atoms with Crippen molar-refractivity contribution in [1.82, 2.24) is 4.31 Å². The number of nitrogens with zero attached hydrogens (tertiary/aromatic N) is 1.